The number of amides is 1. The fourth-order valence-electron chi connectivity index (χ4n) is 4.26. The molecule has 9 heteroatoms. The van der Waals surface area contributed by atoms with Crippen LogP contribution < -0.4 is 0 Å². The van der Waals surface area contributed by atoms with Crippen molar-refractivity contribution in [2.75, 3.05) is 13.7 Å². The Bertz CT molecular complexity index is 1220. The lowest BCUT2D eigenvalue weighted by molar-refractivity contribution is 0.0606. The van der Waals surface area contributed by atoms with Crippen molar-refractivity contribution in [2.45, 2.75) is 31.9 Å². The van der Waals surface area contributed by atoms with Crippen LogP contribution in [0.15, 0.2) is 65.8 Å². The largest absolute Gasteiger partial charge is 0.463 e. The first-order valence-corrected chi connectivity index (χ1v) is 10.9. The van der Waals surface area contributed by atoms with Gasteiger partial charge in [-0.3, -0.25) is 9.78 Å². The molecule has 1 saturated heterocycles. The fourth-order valence-corrected chi connectivity index (χ4v) is 4.26. The minimum Gasteiger partial charge on any atom is -0.463 e. The number of furan rings is 1. The summed E-state index contributed by atoms with van der Waals surface area (Å²) in [7, 11) is 1.59. The molecule has 5 heterocycles. The maximum absolute atomic E-state index is 13.7. The molecule has 1 fully saturated rings. The van der Waals surface area contributed by atoms with Crippen molar-refractivity contribution < 1.29 is 13.9 Å². The number of hydrogen-bond acceptors (Lipinski definition) is 7. The molecule has 1 amide bonds. The van der Waals surface area contributed by atoms with E-state index in [4.69, 9.17) is 9.15 Å². The van der Waals surface area contributed by atoms with Crippen molar-refractivity contribution in [1.29, 1.82) is 0 Å². The molecule has 4 aromatic rings. The van der Waals surface area contributed by atoms with Crippen molar-refractivity contribution in [3.05, 3.63) is 78.2 Å². The predicted octanol–water partition coefficient (Wildman–Crippen LogP) is 3.83. The Balaban J connectivity index is 1.51. The molecule has 9 nitrogen and oxygen atoms in total. The summed E-state index contributed by atoms with van der Waals surface area (Å²) in [5.41, 5.74) is 2.76. The third-order valence-electron chi connectivity index (χ3n) is 5.82. The molecule has 0 spiro atoms. The maximum atomic E-state index is 13.7. The molecule has 0 N–H and O–H groups in total. The van der Waals surface area contributed by atoms with Crippen LogP contribution in [0, 0.1) is 0 Å². The van der Waals surface area contributed by atoms with Crippen molar-refractivity contribution >= 4 is 5.91 Å². The lowest BCUT2D eigenvalue weighted by Crippen LogP contribution is -2.39. The number of rotatable bonds is 6. The van der Waals surface area contributed by atoms with Crippen molar-refractivity contribution in [3.63, 3.8) is 0 Å². The van der Waals surface area contributed by atoms with Gasteiger partial charge in [0.1, 0.15) is 5.69 Å². The van der Waals surface area contributed by atoms with Crippen molar-refractivity contribution in [3.8, 4) is 17.4 Å². The average Bonchev–Trinajstić information content (AvgIpc) is 3.55. The van der Waals surface area contributed by atoms with E-state index in [1.807, 2.05) is 29.3 Å². The molecule has 0 radical (unpaired) electrons. The SMILES string of the molecule is COCc1c(C(=O)N2CCCC[C@H]2c2cccnc2)cnn1-c1nccc(-c2ccco2)n1. The number of carbonyl (C=O) groups is 1. The van der Waals surface area contributed by atoms with Crippen molar-refractivity contribution in [2.24, 2.45) is 0 Å². The molecule has 0 aromatic carbocycles. The predicted molar refractivity (Wildman–Crippen MR) is 119 cm³/mol. The van der Waals surface area contributed by atoms with Gasteiger partial charge in [0, 0.05) is 32.2 Å². The summed E-state index contributed by atoms with van der Waals surface area (Å²) in [5.74, 6) is 0.893. The molecule has 1 aliphatic heterocycles. The van der Waals surface area contributed by atoms with E-state index >= 15 is 0 Å². The van der Waals surface area contributed by atoms with Crippen LogP contribution in [-0.4, -0.2) is 49.2 Å². The summed E-state index contributed by atoms with van der Waals surface area (Å²) in [4.78, 5) is 28.8. The Morgan fingerprint density at radius 2 is 2.12 bits per heavy atom. The standard InChI is InChI=1S/C24H24N6O3/c1-32-16-21-18(23(31)29-12-3-2-7-20(29)17-6-4-10-25-14-17)15-27-30(21)24-26-11-9-19(28-24)22-8-5-13-33-22/h4-6,8-11,13-15,20H,2-3,7,12,16H2,1H3/t20-/m0/s1. The van der Waals surface area contributed by atoms with Crippen LogP contribution in [0.1, 0.15) is 46.9 Å². The lowest BCUT2D eigenvalue weighted by atomic mass is 9.95. The summed E-state index contributed by atoms with van der Waals surface area (Å²) in [6, 6.07) is 9.31. The summed E-state index contributed by atoms with van der Waals surface area (Å²) in [5, 5.41) is 4.46. The Morgan fingerprint density at radius 1 is 1.18 bits per heavy atom. The highest BCUT2D eigenvalue weighted by molar-refractivity contribution is 5.95. The number of ether oxygens (including phenoxy) is 1. The van der Waals surface area contributed by atoms with E-state index in [1.165, 1.54) is 0 Å². The minimum atomic E-state index is -0.0796. The molecule has 168 valence electrons. The van der Waals surface area contributed by atoms with Gasteiger partial charge in [0.05, 0.1) is 36.4 Å². The highest BCUT2D eigenvalue weighted by Crippen LogP contribution is 2.32. The summed E-state index contributed by atoms with van der Waals surface area (Å²) in [6.07, 6.45) is 11.3. The van der Waals surface area contributed by atoms with Gasteiger partial charge in [-0.05, 0) is 49.1 Å². The highest BCUT2D eigenvalue weighted by atomic mass is 16.5. The summed E-state index contributed by atoms with van der Waals surface area (Å²) >= 11 is 0. The topological polar surface area (TPSA) is 99.2 Å². The van der Waals surface area contributed by atoms with Gasteiger partial charge in [-0.25, -0.2) is 9.97 Å². The number of aromatic nitrogens is 5. The fraction of sp³-hybridized carbons (Fsp3) is 0.292. The van der Waals surface area contributed by atoms with Gasteiger partial charge in [0.15, 0.2) is 5.76 Å². The molecule has 0 saturated carbocycles. The molecule has 0 aliphatic carbocycles. The number of nitrogens with zero attached hydrogens (tertiary/aromatic N) is 6. The molecule has 1 aliphatic rings. The van der Waals surface area contributed by atoms with Gasteiger partial charge in [-0.15, -0.1) is 0 Å². The van der Waals surface area contributed by atoms with Crippen LogP contribution in [0.5, 0.6) is 0 Å². The number of piperidine rings is 1. The van der Waals surface area contributed by atoms with Crippen LogP contribution in [-0.2, 0) is 11.3 Å². The number of carbonyl (C=O) groups excluding carboxylic acids is 1. The highest BCUT2D eigenvalue weighted by Gasteiger charge is 2.31. The molecule has 33 heavy (non-hydrogen) atoms. The third-order valence-corrected chi connectivity index (χ3v) is 5.82. The smallest absolute Gasteiger partial charge is 0.257 e. The quantitative estimate of drug-likeness (QED) is 0.446. The Labute approximate surface area is 191 Å². The zero-order valence-electron chi connectivity index (χ0n) is 18.3. The normalized spacial score (nSPS) is 16.2. The summed E-state index contributed by atoms with van der Waals surface area (Å²) in [6.45, 7) is 0.876. The molecule has 0 unspecified atom stereocenters. The summed E-state index contributed by atoms with van der Waals surface area (Å²) < 4.78 is 12.4. The first kappa shape index (κ1) is 21.0. The number of likely N-dealkylation sites (tertiary alicyclic amines) is 1. The van der Waals surface area contributed by atoms with Gasteiger partial charge in [0.25, 0.3) is 11.9 Å². The zero-order valence-corrected chi connectivity index (χ0v) is 18.3. The van der Waals surface area contributed by atoms with Crippen LogP contribution in [0.4, 0.5) is 0 Å². The van der Waals surface area contributed by atoms with Crippen LogP contribution in [0.25, 0.3) is 17.4 Å². The van der Waals surface area contributed by atoms with E-state index in [-0.39, 0.29) is 18.6 Å². The van der Waals surface area contributed by atoms with E-state index in [0.717, 1.165) is 24.8 Å². The first-order chi connectivity index (χ1) is 16.3. The van der Waals surface area contributed by atoms with Crippen LogP contribution in [0.2, 0.25) is 0 Å². The van der Waals surface area contributed by atoms with E-state index in [9.17, 15) is 4.79 Å². The number of methoxy groups -OCH3 is 1. The van der Waals surface area contributed by atoms with Crippen molar-refractivity contribution in [1.82, 2.24) is 29.6 Å². The molecular weight excluding hydrogens is 420 g/mol. The number of pyridine rings is 1. The number of hydrogen-bond donors (Lipinski definition) is 0. The molecule has 1 atom stereocenters. The van der Waals surface area contributed by atoms with Gasteiger partial charge in [-0.1, -0.05) is 6.07 Å². The van der Waals surface area contributed by atoms with E-state index in [2.05, 4.69) is 20.1 Å². The second-order valence-corrected chi connectivity index (χ2v) is 7.87. The second kappa shape index (κ2) is 9.33. The van der Waals surface area contributed by atoms with E-state index in [0.29, 0.717) is 35.2 Å². The van der Waals surface area contributed by atoms with Crippen LogP contribution in [0.3, 0.4) is 0 Å². The third kappa shape index (κ3) is 4.14. The van der Waals surface area contributed by atoms with Gasteiger partial charge in [-0.2, -0.15) is 9.78 Å². The van der Waals surface area contributed by atoms with Gasteiger partial charge >= 0.3 is 0 Å². The maximum Gasteiger partial charge on any atom is 0.257 e. The minimum absolute atomic E-state index is 0.0165. The molecule has 5 rings (SSSR count). The Hall–Kier alpha value is -3.85. The van der Waals surface area contributed by atoms with E-state index < -0.39 is 0 Å². The van der Waals surface area contributed by atoms with Gasteiger partial charge in [0.2, 0.25) is 0 Å². The van der Waals surface area contributed by atoms with E-state index in [1.54, 1.807) is 48.8 Å². The average molecular weight is 444 g/mol. The lowest BCUT2D eigenvalue weighted by Gasteiger charge is -2.36. The monoisotopic (exact) mass is 444 g/mol. The second-order valence-electron chi connectivity index (χ2n) is 7.87. The first-order valence-electron chi connectivity index (χ1n) is 10.9. The molecule has 0 bridgehead atoms. The molecule has 4 aromatic heterocycles. The van der Waals surface area contributed by atoms with Crippen LogP contribution >= 0.6 is 0 Å². The molecular formula is C24H24N6O3. The Kier molecular flexibility index (Phi) is 5.95. The van der Waals surface area contributed by atoms with Gasteiger partial charge < -0.3 is 14.1 Å². The zero-order chi connectivity index (χ0) is 22.6. The Morgan fingerprint density at radius 3 is 2.91 bits per heavy atom.